The summed E-state index contributed by atoms with van der Waals surface area (Å²) in [7, 11) is -3.44. The summed E-state index contributed by atoms with van der Waals surface area (Å²) in [5, 5.41) is 2.78. The molecule has 1 amide bonds. The van der Waals surface area contributed by atoms with Crippen LogP contribution in [0.2, 0.25) is 0 Å². The molecule has 1 N–H and O–H groups in total. The van der Waals surface area contributed by atoms with Crippen LogP contribution < -0.4 is 14.8 Å². The van der Waals surface area contributed by atoms with Gasteiger partial charge in [0.2, 0.25) is 10.0 Å². The monoisotopic (exact) mass is 432 g/mol. The number of amides is 1. The van der Waals surface area contributed by atoms with Gasteiger partial charge in [-0.15, -0.1) is 0 Å². The van der Waals surface area contributed by atoms with Gasteiger partial charge >= 0.3 is 0 Å². The maximum Gasteiger partial charge on any atom is 0.258 e. The van der Waals surface area contributed by atoms with Crippen LogP contribution in [-0.2, 0) is 21.4 Å². The lowest BCUT2D eigenvalue weighted by Crippen LogP contribution is -2.35. The highest BCUT2D eigenvalue weighted by Crippen LogP contribution is 2.26. The fourth-order valence-corrected chi connectivity index (χ4v) is 4.79. The second kappa shape index (κ2) is 10.4. The van der Waals surface area contributed by atoms with Gasteiger partial charge in [0.1, 0.15) is 0 Å². The topological polar surface area (TPSA) is 84.9 Å². The summed E-state index contributed by atoms with van der Waals surface area (Å²) in [6.07, 6.45) is 2.88. The molecule has 0 saturated carbocycles. The molecule has 0 aromatic heterocycles. The van der Waals surface area contributed by atoms with Gasteiger partial charge < -0.3 is 14.8 Å². The van der Waals surface area contributed by atoms with Crippen LogP contribution in [0.4, 0.5) is 0 Å². The molecule has 1 fully saturated rings. The molecule has 0 bridgehead atoms. The third-order valence-corrected chi connectivity index (χ3v) is 6.79. The summed E-state index contributed by atoms with van der Waals surface area (Å²) in [4.78, 5) is 12.4. The van der Waals surface area contributed by atoms with E-state index in [1.165, 1.54) is 0 Å². The van der Waals surface area contributed by atoms with Crippen molar-refractivity contribution in [1.82, 2.24) is 9.62 Å². The molecule has 2 aromatic carbocycles. The molecular formula is C22H28N2O5S. The van der Waals surface area contributed by atoms with Crippen LogP contribution in [0.15, 0.2) is 53.4 Å². The fourth-order valence-electron chi connectivity index (χ4n) is 3.27. The van der Waals surface area contributed by atoms with Crippen molar-refractivity contribution in [2.75, 3.05) is 26.3 Å². The lowest BCUT2D eigenvalue weighted by molar-refractivity contribution is -0.123. The van der Waals surface area contributed by atoms with Crippen molar-refractivity contribution in [3.8, 4) is 11.5 Å². The number of nitrogens with one attached hydrogen (secondary N) is 1. The number of hydrogen-bond donors (Lipinski definition) is 1. The highest BCUT2D eigenvalue weighted by molar-refractivity contribution is 7.89. The van der Waals surface area contributed by atoms with Crippen molar-refractivity contribution in [3.05, 3.63) is 54.1 Å². The lowest BCUT2D eigenvalue weighted by Gasteiger charge is -2.25. The Bertz CT molecular complexity index is 938. The molecule has 7 nitrogen and oxygen atoms in total. The Morgan fingerprint density at radius 3 is 2.23 bits per heavy atom. The Balaban J connectivity index is 1.51. The maximum absolute atomic E-state index is 12.7. The highest BCUT2D eigenvalue weighted by Gasteiger charge is 2.25. The Hall–Kier alpha value is -2.58. The minimum atomic E-state index is -3.44. The second-order valence-corrected chi connectivity index (χ2v) is 8.99. The van der Waals surface area contributed by atoms with Crippen molar-refractivity contribution < 1.29 is 22.7 Å². The van der Waals surface area contributed by atoms with Gasteiger partial charge in [0, 0.05) is 19.6 Å². The first kappa shape index (κ1) is 22.1. The van der Waals surface area contributed by atoms with E-state index in [4.69, 9.17) is 9.47 Å². The van der Waals surface area contributed by atoms with Crippen LogP contribution in [0.25, 0.3) is 0 Å². The molecular weight excluding hydrogens is 404 g/mol. The van der Waals surface area contributed by atoms with Crippen LogP contribution in [-0.4, -0.2) is 44.9 Å². The number of carbonyl (C=O) groups excluding carboxylic acids is 1. The molecule has 3 rings (SSSR count). The van der Waals surface area contributed by atoms with Gasteiger partial charge in [-0.3, -0.25) is 4.79 Å². The first-order valence-electron chi connectivity index (χ1n) is 10.2. The number of benzene rings is 2. The van der Waals surface area contributed by atoms with E-state index in [0.717, 1.165) is 24.8 Å². The average molecular weight is 433 g/mol. The van der Waals surface area contributed by atoms with Crippen LogP contribution in [0.1, 0.15) is 31.7 Å². The summed E-state index contributed by atoms with van der Waals surface area (Å²) in [5.74, 6) is 0.839. The minimum absolute atomic E-state index is 0.133. The molecule has 30 heavy (non-hydrogen) atoms. The third-order valence-electron chi connectivity index (χ3n) is 4.87. The predicted molar refractivity (Wildman–Crippen MR) is 114 cm³/mol. The Morgan fingerprint density at radius 1 is 0.967 bits per heavy atom. The molecule has 2 aromatic rings. The van der Waals surface area contributed by atoms with E-state index in [0.29, 0.717) is 37.7 Å². The number of sulfonamides is 1. The molecule has 0 radical (unpaired) electrons. The SMILES string of the molecule is CCOc1ccccc1OCC(=O)NCc1ccc(S(=O)(=O)N2CCCCC2)cc1. The molecule has 1 saturated heterocycles. The number of para-hydroxylation sites is 2. The van der Waals surface area contributed by atoms with Crippen molar-refractivity contribution >= 4 is 15.9 Å². The van der Waals surface area contributed by atoms with E-state index in [1.807, 2.05) is 19.1 Å². The van der Waals surface area contributed by atoms with Crippen LogP contribution in [0.5, 0.6) is 11.5 Å². The zero-order chi connectivity index (χ0) is 21.4. The zero-order valence-electron chi connectivity index (χ0n) is 17.2. The smallest absolute Gasteiger partial charge is 0.258 e. The van der Waals surface area contributed by atoms with Crippen molar-refractivity contribution in [2.45, 2.75) is 37.6 Å². The van der Waals surface area contributed by atoms with E-state index in [2.05, 4.69) is 5.32 Å². The third kappa shape index (κ3) is 5.73. The van der Waals surface area contributed by atoms with E-state index < -0.39 is 10.0 Å². The van der Waals surface area contributed by atoms with Crippen molar-refractivity contribution in [1.29, 1.82) is 0 Å². The molecule has 8 heteroatoms. The number of carbonyl (C=O) groups is 1. The molecule has 1 heterocycles. The molecule has 1 aliphatic heterocycles. The Kier molecular flexibility index (Phi) is 7.70. The van der Waals surface area contributed by atoms with Gasteiger partial charge in [0.15, 0.2) is 18.1 Å². The molecule has 0 unspecified atom stereocenters. The van der Waals surface area contributed by atoms with Gasteiger partial charge in [0.05, 0.1) is 11.5 Å². The summed E-state index contributed by atoms with van der Waals surface area (Å²) >= 11 is 0. The normalized spacial score (nSPS) is 14.8. The number of rotatable bonds is 9. The number of nitrogens with zero attached hydrogens (tertiary/aromatic N) is 1. The van der Waals surface area contributed by atoms with Gasteiger partial charge in [-0.2, -0.15) is 4.31 Å². The van der Waals surface area contributed by atoms with E-state index in [-0.39, 0.29) is 17.4 Å². The number of piperidine rings is 1. The quantitative estimate of drug-likeness (QED) is 0.659. The highest BCUT2D eigenvalue weighted by atomic mass is 32.2. The second-order valence-electron chi connectivity index (χ2n) is 7.05. The largest absolute Gasteiger partial charge is 0.490 e. The van der Waals surface area contributed by atoms with Gasteiger partial charge in [-0.25, -0.2) is 8.42 Å². The minimum Gasteiger partial charge on any atom is -0.490 e. The molecule has 0 atom stereocenters. The maximum atomic E-state index is 12.7. The van der Waals surface area contributed by atoms with Gasteiger partial charge in [-0.1, -0.05) is 30.7 Å². The molecule has 0 aliphatic carbocycles. The average Bonchev–Trinajstić information content (AvgIpc) is 2.78. The zero-order valence-corrected chi connectivity index (χ0v) is 18.0. The van der Waals surface area contributed by atoms with Crippen LogP contribution >= 0.6 is 0 Å². The van der Waals surface area contributed by atoms with Crippen LogP contribution in [0, 0.1) is 0 Å². The lowest BCUT2D eigenvalue weighted by atomic mass is 10.2. The first-order valence-corrected chi connectivity index (χ1v) is 11.6. The Labute approximate surface area is 178 Å². The first-order chi connectivity index (χ1) is 14.5. The van der Waals surface area contributed by atoms with Crippen LogP contribution in [0.3, 0.4) is 0 Å². The van der Waals surface area contributed by atoms with Gasteiger partial charge in [0.25, 0.3) is 5.91 Å². The van der Waals surface area contributed by atoms with E-state index >= 15 is 0 Å². The summed E-state index contributed by atoms with van der Waals surface area (Å²) in [6.45, 7) is 3.70. The summed E-state index contributed by atoms with van der Waals surface area (Å²) < 4.78 is 37.9. The molecule has 1 aliphatic rings. The summed E-state index contributed by atoms with van der Waals surface area (Å²) in [5.41, 5.74) is 0.815. The molecule has 0 spiro atoms. The fraction of sp³-hybridized carbons (Fsp3) is 0.409. The van der Waals surface area contributed by atoms with Crippen molar-refractivity contribution in [2.24, 2.45) is 0 Å². The van der Waals surface area contributed by atoms with E-state index in [9.17, 15) is 13.2 Å². The number of hydrogen-bond acceptors (Lipinski definition) is 5. The Morgan fingerprint density at radius 2 is 1.60 bits per heavy atom. The van der Waals surface area contributed by atoms with Crippen molar-refractivity contribution in [3.63, 3.8) is 0 Å². The van der Waals surface area contributed by atoms with E-state index in [1.54, 1.807) is 40.7 Å². The van der Waals surface area contributed by atoms with Gasteiger partial charge in [-0.05, 0) is 49.6 Å². The standard InChI is InChI=1S/C22H28N2O5S/c1-2-28-20-8-4-5-9-21(20)29-17-22(25)23-16-18-10-12-19(13-11-18)30(26,27)24-14-6-3-7-15-24/h4-5,8-13H,2-3,6-7,14-17H2,1H3,(H,23,25). The number of ether oxygens (including phenoxy) is 2. The predicted octanol–water partition coefficient (Wildman–Crippen LogP) is 2.96. The summed E-state index contributed by atoms with van der Waals surface area (Å²) in [6, 6.07) is 13.8. The molecule has 162 valence electrons.